The van der Waals surface area contributed by atoms with Crippen LogP contribution >= 0.6 is 0 Å². The molecule has 0 aromatic heterocycles. The van der Waals surface area contributed by atoms with Crippen LogP contribution in [-0.4, -0.2) is 23.2 Å². The zero-order chi connectivity index (χ0) is 12.8. The maximum atomic E-state index is 13.4. The molecule has 1 aromatic carbocycles. The molecule has 0 spiro atoms. The average molecular weight is 242 g/mol. The lowest BCUT2D eigenvalue weighted by Crippen LogP contribution is -2.13. The SMILES string of the molecule is CC(CCO)CNc1ccc([N+](=O)[O-])cc1F. The third-order valence-corrected chi connectivity index (χ3v) is 2.43. The molecule has 0 saturated heterocycles. The second-order valence-corrected chi connectivity index (χ2v) is 3.92. The second kappa shape index (κ2) is 6.15. The summed E-state index contributed by atoms with van der Waals surface area (Å²) in [7, 11) is 0. The highest BCUT2D eigenvalue weighted by Crippen LogP contribution is 2.20. The van der Waals surface area contributed by atoms with Gasteiger partial charge in [-0.15, -0.1) is 0 Å². The minimum Gasteiger partial charge on any atom is -0.396 e. The zero-order valence-electron chi connectivity index (χ0n) is 9.52. The van der Waals surface area contributed by atoms with Crippen LogP contribution < -0.4 is 5.32 Å². The Morgan fingerprint density at radius 2 is 2.29 bits per heavy atom. The van der Waals surface area contributed by atoms with E-state index in [1.807, 2.05) is 6.92 Å². The fourth-order valence-corrected chi connectivity index (χ4v) is 1.37. The van der Waals surface area contributed by atoms with E-state index in [1.54, 1.807) is 0 Å². The number of rotatable bonds is 6. The molecular formula is C11H15FN2O3. The molecule has 0 aliphatic rings. The molecule has 2 N–H and O–H groups in total. The van der Waals surface area contributed by atoms with Gasteiger partial charge in [-0.1, -0.05) is 6.92 Å². The van der Waals surface area contributed by atoms with Gasteiger partial charge >= 0.3 is 0 Å². The van der Waals surface area contributed by atoms with Gasteiger partial charge in [-0.3, -0.25) is 10.1 Å². The van der Waals surface area contributed by atoms with Crippen molar-refractivity contribution in [2.45, 2.75) is 13.3 Å². The topological polar surface area (TPSA) is 75.4 Å². The first-order valence-electron chi connectivity index (χ1n) is 5.33. The summed E-state index contributed by atoms with van der Waals surface area (Å²) in [5, 5.41) is 22.0. The molecule has 0 aliphatic carbocycles. The first-order valence-corrected chi connectivity index (χ1v) is 5.33. The molecule has 94 valence electrons. The van der Waals surface area contributed by atoms with Crippen molar-refractivity contribution in [3.05, 3.63) is 34.1 Å². The molecule has 0 heterocycles. The minimum atomic E-state index is -0.643. The normalized spacial score (nSPS) is 12.2. The van der Waals surface area contributed by atoms with Crippen LogP contribution in [0.5, 0.6) is 0 Å². The van der Waals surface area contributed by atoms with Gasteiger partial charge in [-0.25, -0.2) is 4.39 Å². The van der Waals surface area contributed by atoms with Crippen molar-refractivity contribution in [3.8, 4) is 0 Å². The molecular weight excluding hydrogens is 227 g/mol. The Bertz CT molecular complexity index is 398. The summed E-state index contributed by atoms with van der Waals surface area (Å²) in [5.41, 5.74) is -0.0307. The molecule has 1 aromatic rings. The van der Waals surface area contributed by atoms with Crippen LogP contribution in [0.25, 0.3) is 0 Å². The quantitative estimate of drug-likeness (QED) is 0.592. The molecule has 1 unspecified atom stereocenters. The molecule has 6 heteroatoms. The summed E-state index contributed by atoms with van der Waals surface area (Å²) in [5.74, 6) is -0.440. The highest BCUT2D eigenvalue weighted by molar-refractivity contribution is 5.50. The van der Waals surface area contributed by atoms with E-state index >= 15 is 0 Å². The number of benzene rings is 1. The number of nitro benzene ring substituents is 1. The molecule has 1 rings (SSSR count). The van der Waals surface area contributed by atoms with Gasteiger partial charge in [-0.05, 0) is 18.4 Å². The third-order valence-electron chi connectivity index (χ3n) is 2.43. The number of nitrogens with one attached hydrogen (secondary N) is 1. The Kier molecular flexibility index (Phi) is 4.84. The Balaban J connectivity index is 2.63. The van der Waals surface area contributed by atoms with Crippen LogP contribution in [0.2, 0.25) is 0 Å². The molecule has 0 aliphatic heterocycles. The zero-order valence-corrected chi connectivity index (χ0v) is 9.52. The molecule has 5 nitrogen and oxygen atoms in total. The predicted octanol–water partition coefficient (Wildman–Crippen LogP) is 2.16. The van der Waals surface area contributed by atoms with Crippen molar-refractivity contribution < 1.29 is 14.4 Å². The van der Waals surface area contributed by atoms with Crippen LogP contribution in [0.15, 0.2) is 18.2 Å². The average Bonchev–Trinajstić information content (AvgIpc) is 2.27. The first kappa shape index (κ1) is 13.4. The third kappa shape index (κ3) is 3.99. The smallest absolute Gasteiger partial charge is 0.272 e. The minimum absolute atomic E-state index is 0.0889. The highest BCUT2D eigenvalue weighted by atomic mass is 19.1. The molecule has 0 radical (unpaired) electrons. The Hall–Kier alpha value is -1.69. The molecule has 0 saturated carbocycles. The Morgan fingerprint density at radius 3 is 2.82 bits per heavy atom. The van der Waals surface area contributed by atoms with E-state index in [0.717, 1.165) is 6.07 Å². The number of hydrogen-bond donors (Lipinski definition) is 2. The molecule has 17 heavy (non-hydrogen) atoms. The van der Waals surface area contributed by atoms with Gasteiger partial charge in [0.05, 0.1) is 16.7 Å². The van der Waals surface area contributed by atoms with E-state index in [2.05, 4.69) is 5.32 Å². The number of hydrogen-bond acceptors (Lipinski definition) is 4. The largest absolute Gasteiger partial charge is 0.396 e. The lowest BCUT2D eigenvalue weighted by Gasteiger charge is -2.12. The van der Waals surface area contributed by atoms with Gasteiger partial charge < -0.3 is 10.4 Å². The number of nitro groups is 1. The van der Waals surface area contributed by atoms with Crippen molar-refractivity contribution in [1.29, 1.82) is 0 Å². The summed E-state index contributed by atoms with van der Waals surface area (Å²) in [6, 6.07) is 3.49. The second-order valence-electron chi connectivity index (χ2n) is 3.92. The number of aliphatic hydroxyl groups excluding tert-OH is 1. The van der Waals surface area contributed by atoms with Gasteiger partial charge in [0.15, 0.2) is 5.82 Å². The number of nitrogens with zero attached hydrogens (tertiary/aromatic N) is 1. The lowest BCUT2D eigenvalue weighted by atomic mass is 10.1. The van der Waals surface area contributed by atoms with E-state index in [0.29, 0.717) is 13.0 Å². The van der Waals surface area contributed by atoms with Crippen molar-refractivity contribution in [2.24, 2.45) is 5.92 Å². The summed E-state index contributed by atoms with van der Waals surface area (Å²) < 4.78 is 13.4. The van der Waals surface area contributed by atoms with Gasteiger partial charge in [0.1, 0.15) is 0 Å². The molecule has 0 fully saturated rings. The number of non-ortho nitro benzene ring substituents is 1. The van der Waals surface area contributed by atoms with Gasteiger partial charge in [0, 0.05) is 19.2 Å². The van der Waals surface area contributed by atoms with Crippen LogP contribution in [-0.2, 0) is 0 Å². The number of aliphatic hydroxyl groups is 1. The highest BCUT2D eigenvalue weighted by Gasteiger charge is 2.11. The fourth-order valence-electron chi connectivity index (χ4n) is 1.37. The van der Waals surface area contributed by atoms with Crippen LogP contribution in [0.3, 0.4) is 0 Å². The first-order chi connectivity index (χ1) is 8.04. The predicted molar refractivity (Wildman–Crippen MR) is 62.4 cm³/mol. The van der Waals surface area contributed by atoms with Crippen LogP contribution in [0.1, 0.15) is 13.3 Å². The van der Waals surface area contributed by atoms with E-state index in [1.165, 1.54) is 12.1 Å². The maximum absolute atomic E-state index is 13.4. The molecule has 0 amide bonds. The fraction of sp³-hybridized carbons (Fsp3) is 0.455. The summed E-state index contributed by atoms with van der Waals surface area (Å²) >= 11 is 0. The van der Waals surface area contributed by atoms with Gasteiger partial charge in [0.2, 0.25) is 0 Å². The molecule has 0 bridgehead atoms. The monoisotopic (exact) mass is 242 g/mol. The Morgan fingerprint density at radius 1 is 1.59 bits per heavy atom. The molecule has 1 atom stereocenters. The van der Waals surface area contributed by atoms with Crippen molar-refractivity contribution in [3.63, 3.8) is 0 Å². The van der Waals surface area contributed by atoms with E-state index in [9.17, 15) is 14.5 Å². The summed E-state index contributed by atoms with van der Waals surface area (Å²) in [6.45, 7) is 2.52. The van der Waals surface area contributed by atoms with Crippen molar-refractivity contribution >= 4 is 11.4 Å². The maximum Gasteiger partial charge on any atom is 0.272 e. The van der Waals surface area contributed by atoms with Gasteiger partial charge in [-0.2, -0.15) is 0 Å². The van der Waals surface area contributed by atoms with E-state index < -0.39 is 10.7 Å². The van der Waals surface area contributed by atoms with Crippen molar-refractivity contribution in [2.75, 3.05) is 18.5 Å². The van der Waals surface area contributed by atoms with Crippen LogP contribution in [0, 0.1) is 21.8 Å². The van der Waals surface area contributed by atoms with Crippen LogP contribution in [0.4, 0.5) is 15.8 Å². The standard InChI is InChI=1S/C11H15FN2O3/c1-8(4-5-15)7-13-11-3-2-9(14(16)17)6-10(11)12/h2-3,6,8,13,15H,4-5,7H2,1H3. The van der Waals surface area contributed by atoms with E-state index in [-0.39, 0.29) is 23.9 Å². The van der Waals surface area contributed by atoms with Gasteiger partial charge in [0.25, 0.3) is 5.69 Å². The Labute approximate surface area is 98.4 Å². The lowest BCUT2D eigenvalue weighted by molar-refractivity contribution is -0.385. The number of halogens is 1. The summed E-state index contributed by atoms with van der Waals surface area (Å²) in [4.78, 5) is 9.77. The van der Waals surface area contributed by atoms with E-state index in [4.69, 9.17) is 5.11 Å². The number of anilines is 1. The summed E-state index contributed by atoms with van der Waals surface area (Å²) in [6.07, 6.45) is 0.627. The van der Waals surface area contributed by atoms with Crippen molar-refractivity contribution in [1.82, 2.24) is 0 Å².